The number of halogens is 1. The fraction of sp³-hybridized carbons (Fsp3) is 0.500. The van der Waals surface area contributed by atoms with Crippen LogP contribution in [0.25, 0.3) is 0 Å². The quantitative estimate of drug-likeness (QED) is 0.777. The standard InChI is InChI=1S/C12H16FN/c1-12(14-9-8-13)7-6-10-4-2-3-5-11(10)12/h2-5,14H,6-9H2,1H3. The van der Waals surface area contributed by atoms with Gasteiger partial charge in [-0.05, 0) is 30.9 Å². The number of hydrogen-bond acceptors (Lipinski definition) is 1. The minimum atomic E-state index is -0.294. The Labute approximate surface area is 84.3 Å². The van der Waals surface area contributed by atoms with Gasteiger partial charge in [0, 0.05) is 12.1 Å². The number of nitrogens with one attached hydrogen (secondary N) is 1. The Balaban J connectivity index is 2.23. The van der Waals surface area contributed by atoms with Gasteiger partial charge in [-0.3, -0.25) is 0 Å². The van der Waals surface area contributed by atoms with E-state index in [-0.39, 0.29) is 12.2 Å². The summed E-state index contributed by atoms with van der Waals surface area (Å²) in [5, 5.41) is 3.29. The van der Waals surface area contributed by atoms with Crippen LogP contribution in [0.15, 0.2) is 24.3 Å². The summed E-state index contributed by atoms with van der Waals surface area (Å²) in [6, 6.07) is 8.44. The summed E-state index contributed by atoms with van der Waals surface area (Å²) < 4.78 is 12.1. The van der Waals surface area contributed by atoms with Gasteiger partial charge in [0.05, 0.1) is 0 Å². The number of hydrogen-bond donors (Lipinski definition) is 1. The van der Waals surface area contributed by atoms with E-state index in [1.165, 1.54) is 11.1 Å². The molecular weight excluding hydrogens is 177 g/mol. The molecule has 0 heterocycles. The molecule has 2 rings (SSSR count). The molecule has 1 aliphatic rings. The van der Waals surface area contributed by atoms with Crippen molar-refractivity contribution in [2.45, 2.75) is 25.3 Å². The molecule has 1 aromatic carbocycles. The summed E-state index contributed by atoms with van der Waals surface area (Å²) in [7, 11) is 0. The SMILES string of the molecule is CC1(NCCF)CCc2ccccc21. The average molecular weight is 193 g/mol. The van der Waals surface area contributed by atoms with Crippen LogP contribution >= 0.6 is 0 Å². The van der Waals surface area contributed by atoms with Crippen molar-refractivity contribution >= 4 is 0 Å². The van der Waals surface area contributed by atoms with Crippen molar-refractivity contribution in [3.8, 4) is 0 Å². The highest BCUT2D eigenvalue weighted by Gasteiger charge is 2.32. The van der Waals surface area contributed by atoms with Crippen molar-refractivity contribution in [1.82, 2.24) is 5.32 Å². The third kappa shape index (κ3) is 1.55. The molecule has 0 aromatic heterocycles. The van der Waals surface area contributed by atoms with E-state index in [0.717, 1.165) is 12.8 Å². The summed E-state index contributed by atoms with van der Waals surface area (Å²) in [5.41, 5.74) is 2.73. The van der Waals surface area contributed by atoms with Gasteiger partial charge in [-0.1, -0.05) is 24.3 Å². The molecule has 14 heavy (non-hydrogen) atoms. The lowest BCUT2D eigenvalue weighted by atomic mass is 9.94. The Kier molecular flexibility index (Phi) is 2.55. The van der Waals surface area contributed by atoms with E-state index in [0.29, 0.717) is 6.54 Å². The number of alkyl halides is 1. The molecule has 1 N–H and O–H groups in total. The largest absolute Gasteiger partial charge is 0.305 e. The topological polar surface area (TPSA) is 12.0 Å². The summed E-state index contributed by atoms with van der Waals surface area (Å²) in [4.78, 5) is 0. The van der Waals surface area contributed by atoms with Crippen molar-refractivity contribution in [2.75, 3.05) is 13.2 Å². The van der Waals surface area contributed by atoms with Crippen LogP contribution in [-0.2, 0) is 12.0 Å². The van der Waals surface area contributed by atoms with Gasteiger partial charge in [-0.2, -0.15) is 0 Å². The molecule has 1 atom stereocenters. The Morgan fingerprint density at radius 1 is 1.43 bits per heavy atom. The molecule has 0 fully saturated rings. The lowest BCUT2D eigenvalue weighted by Gasteiger charge is -2.26. The summed E-state index contributed by atoms with van der Waals surface area (Å²) in [6.45, 7) is 2.32. The molecule has 0 saturated heterocycles. The first-order valence-electron chi connectivity index (χ1n) is 5.16. The summed E-state index contributed by atoms with van der Waals surface area (Å²) in [5.74, 6) is 0. The van der Waals surface area contributed by atoms with Gasteiger partial charge in [0.1, 0.15) is 6.67 Å². The maximum Gasteiger partial charge on any atom is 0.102 e. The molecule has 1 nitrogen and oxygen atoms in total. The number of rotatable bonds is 3. The molecule has 0 spiro atoms. The van der Waals surface area contributed by atoms with E-state index in [9.17, 15) is 4.39 Å². The minimum absolute atomic E-state index is 0.0112. The van der Waals surface area contributed by atoms with Crippen LogP contribution in [0.1, 0.15) is 24.5 Å². The fourth-order valence-electron chi connectivity index (χ4n) is 2.30. The Morgan fingerprint density at radius 2 is 2.21 bits per heavy atom. The second kappa shape index (κ2) is 3.70. The van der Waals surface area contributed by atoms with Crippen LogP contribution in [0.5, 0.6) is 0 Å². The second-order valence-electron chi connectivity index (χ2n) is 4.11. The first-order valence-corrected chi connectivity index (χ1v) is 5.16. The van der Waals surface area contributed by atoms with Crippen molar-refractivity contribution in [2.24, 2.45) is 0 Å². The fourth-order valence-corrected chi connectivity index (χ4v) is 2.30. The molecule has 1 aromatic rings. The molecule has 1 unspecified atom stereocenters. The van der Waals surface area contributed by atoms with Gasteiger partial charge in [0.15, 0.2) is 0 Å². The highest BCUT2D eigenvalue weighted by atomic mass is 19.1. The van der Waals surface area contributed by atoms with Crippen LogP contribution in [-0.4, -0.2) is 13.2 Å². The Bertz CT molecular complexity index is 324. The molecule has 2 heteroatoms. The monoisotopic (exact) mass is 193 g/mol. The lowest BCUT2D eigenvalue weighted by Crippen LogP contribution is -2.38. The lowest BCUT2D eigenvalue weighted by molar-refractivity contribution is 0.338. The van der Waals surface area contributed by atoms with E-state index < -0.39 is 0 Å². The zero-order valence-electron chi connectivity index (χ0n) is 8.52. The molecule has 0 bridgehead atoms. The van der Waals surface area contributed by atoms with E-state index >= 15 is 0 Å². The zero-order chi connectivity index (χ0) is 10.0. The van der Waals surface area contributed by atoms with Crippen molar-refractivity contribution in [1.29, 1.82) is 0 Å². The van der Waals surface area contributed by atoms with Crippen molar-refractivity contribution < 1.29 is 4.39 Å². The number of benzene rings is 1. The summed E-state index contributed by atoms with van der Waals surface area (Å²) >= 11 is 0. The second-order valence-corrected chi connectivity index (χ2v) is 4.11. The van der Waals surface area contributed by atoms with Gasteiger partial charge in [0.2, 0.25) is 0 Å². The molecule has 1 aliphatic carbocycles. The Hall–Kier alpha value is -0.890. The van der Waals surface area contributed by atoms with Crippen LogP contribution < -0.4 is 5.32 Å². The third-order valence-electron chi connectivity index (χ3n) is 3.12. The van der Waals surface area contributed by atoms with Gasteiger partial charge < -0.3 is 5.32 Å². The van der Waals surface area contributed by atoms with E-state index in [1.807, 2.05) is 0 Å². The predicted octanol–water partition coefficient (Wildman–Crippen LogP) is 2.41. The first kappa shape index (κ1) is 9.66. The van der Waals surface area contributed by atoms with E-state index in [2.05, 4.69) is 36.5 Å². The normalized spacial score (nSPS) is 25.0. The van der Waals surface area contributed by atoms with Gasteiger partial charge in [0.25, 0.3) is 0 Å². The number of aryl methyl sites for hydroxylation is 1. The minimum Gasteiger partial charge on any atom is -0.305 e. The highest BCUT2D eigenvalue weighted by Crippen LogP contribution is 2.35. The Morgan fingerprint density at radius 3 is 3.00 bits per heavy atom. The van der Waals surface area contributed by atoms with Crippen LogP contribution in [0.2, 0.25) is 0 Å². The smallest absolute Gasteiger partial charge is 0.102 e. The predicted molar refractivity (Wildman–Crippen MR) is 56.1 cm³/mol. The highest BCUT2D eigenvalue weighted by molar-refractivity contribution is 5.37. The molecule has 76 valence electrons. The van der Waals surface area contributed by atoms with Gasteiger partial charge >= 0.3 is 0 Å². The van der Waals surface area contributed by atoms with Crippen LogP contribution in [0.3, 0.4) is 0 Å². The van der Waals surface area contributed by atoms with E-state index in [4.69, 9.17) is 0 Å². The molecule has 0 amide bonds. The molecule has 0 saturated carbocycles. The van der Waals surface area contributed by atoms with Crippen molar-refractivity contribution in [3.05, 3.63) is 35.4 Å². The maximum atomic E-state index is 12.1. The summed E-state index contributed by atoms with van der Waals surface area (Å²) in [6.07, 6.45) is 2.18. The van der Waals surface area contributed by atoms with Gasteiger partial charge in [-0.25, -0.2) is 4.39 Å². The van der Waals surface area contributed by atoms with Crippen LogP contribution in [0, 0.1) is 0 Å². The average Bonchev–Trinajstić information content (AvgIpc) is 2.55. The maximum absolute atomic E-state index is 12.1. The molecular formula is C12H16FN. The number of fused-ring (bicyclic) bond motifs is 1. The van der Waals surface area contributed by atoms with Crippen molar-refractivity contribution in [3.63, 3.8) is 0 Å². The van der Waals surface area contributed by atoms with Crippen LogP contribution in [0.4, 0.5) is 4.39 Å². The third-order valence-corrected chi connectivity index (χ3v) is 3.12. The van der Waals surface area contributed by atoms with E-state index in [1.54, 1.807) is 0 Å². The molecule has 0 radical (unpaired) electrons. The zero-order valence-corrected chi connectivity index (χ0v) is 8.52. The first-order chi connectivity index (χ1) is 6.76. The van der Waals surface area contributed by atoms with Gasteiger partial charge in [-0.15, -0.1) is 0 Å². The molecule has 0 aliphatic heterocycles.